The van der Waals surface area contributed by atoms with E-state index in [1.54, 1.807) is 45.9 Å². The van der Waals surface area contributed by atoms with Crippen LogP contribution >= 0.6 is 23.2 Å². The number of carboxylic acids is 1. The van der Waals surface area contributed by atoms with Crippen molar-refractivity contribution in [3.05, 3.63) is 45.1 Å². The molecule has 0 amide bonds. The van der Waals surface area contributed by atoms with Crippen LogP contribution in [0.25, 0.3) is 0 Å². The van der Waals surface area contributed by atoms with E-state index < -0.39 is 29.3 Å². The highest BCUT2D eigenvalue weighted by molar-refractivity contribution is 6.42. The number of nitrogens with one attached hydrogen (secondary N) is 1. The van der Waals surface area contributed by atoms with Crippen LogP contribution in [0.5, 0.6) is 0 Å². The number of esters is 1. The highest BCUT2D eigenvalue weighted by Crippen LogP contribution is 2.46. The van der Waals surface area contributed by atoms with Gasteiger partial charge in [-0.2, -0.15) is 0 Å². The van der Waals surface area contributed by atoms with Crippen LogP contribution in [0.2, 0.25) is 10.0 Å². The molecule has 2 N–H and O–H groups in total. The number of aliphatic carboxylic acids is 1. The predicted molar refractivity (Wildman–Crippen MR) is 96.9 cm³/mol. The minimum atomic E-state index is -1.03. The molecule has 2 rings (SSSR count). The Morgan fingerprint density at radius 2 is 1.96 bits per heavy atom. The summed E-state index contributed by atoms with van der Waals surface area (Å²) in [7, 11) is 0. The number of rotatable bonds is 4. The first-order valence-corrected chi connectivity index (χ1v) is 8.70. The molecule has 0 spiro atoms. The summed E-state index contributed by atoms with van der Waals surface area (Å²) in [5, 5.41) is 13.6. The zero-order valence-corrected chi connectivity index (χ0v) is 16.0. The average Bonchev–Trinajstić information content (AvgIpc) is 2.48. The first kappa shape index (κ1) is 19.6. The van der Waals surface area contributed by atoms with Crippen LogP contribution in [0.1, 0.15) is 39.2 Å². The fourth-order valence-electron chi connectivity index (χ4n) is 3.48. The summed E-state index contributed by atoms with van der Waals surface area (Å²) in [5.41, 5.74) is 0.528. The molecule has 1 heterocycles. The number of benzene rings is 1. The fourth-order valence-corrected chi connectivity index (χ4v) is 3.91. The molecular weight excluding hydrogens is 365 g/mol. The van der Waals surface area contributed by atoms with Gasteiger partial charge in [0.25, 0.3) is 0 Å². The van der Waals surface area contributed by atoms with Crippen molar-refractivity contribution in [1.29, 1.82) is 0 Å². The van der Waals surface area contributed by atoms with Crippen LogP contribution in [0.4, 0.5) is 0 Å². The summed E-state index contributed by atoms with van der Waals surface area (Å²) < 4.78 is 5.16. The minimum Gasteiger partial charge on any atom is -0.481 e. The van der Waals surface area contributed by atoms with Gasteiger partial charge in [0.1, 0.15) is 0 Å². The normalized spacial score (nSPS) is 22.3. The zero-order chi connectivity index (χ0) is 18.9. The van der Waals surface area contributed by atoms with E-state index in [9.17, 15) is 14.7 Å². The number of carbonyl (C=O) groups excluding carboxylic acids is 1. The van der Waals surface area contributed by atoms with E-state index in [0.29, 0.717) is 16.3 Å². The van der Waals surface area contributed by atoms with Crippen LogP contribution < -0.4 is 5.32 Å². The highest BCUT2D eigenvalue weighted by atomic mass is 35.5. The molecule has 0 radical (unpaired) electrons. The van der Waals surface area contributed by atoms with Crippen molar-refractivity contribution in [3.63, 3.8) is 0 Å². The molecule has 1 aromatic carbocycles. The number of allylic oxidation sites excluding steroid dienone is 1. The number of carbonyl (C=O) groups is 2. The Morgan fingerprint density at radius 3 is 2.52 bits per heavy atom. The van der Waals surface area contributed by atoms with Crippen molar-refractivity contribution in [1.82, 2.24) is 5.32 Å². The quantitative estimate of drug-likeness (QED) is 0.766. The van der Waals surface area contributed by atoms with Gasteiger partial charge in [-0.25, -0.2) is 4.79 Å². The molecule has 25 heavy (non-hydrogen) atoms. The van der Waals surface area contributed by atoms with Gasteiger partial charge in [0.2, 0.25) is 0 Å². The number of ether oxygens (including phenoxy) is 1. The van der Waals surface area contributed by atoms with Crippen molar-refractivity contribution in [2.75, 3.05) is 6.61 Å². The number of hydrogen-bond donors (Lipinski definition) is 2. The lowest BCUT2D eigenvalue weighted by Gasteiger charge is -2.44. The molecule has 1 aliphatic heterocycles. The molecule has 2 atom stereocenters. The predicted octanol–water partition coefficient (Wildman–Crippen LogP) is 4.00. The summed E-state index contributed by atoms with van der Waals surface area (Å²) in [6, 6.07) is 5.01. The van der Waals surface area contributed by atoms with Gasteiger partial charge in [0, 0.05) is 17.2 Å². The maximum Gasteiger partial charge on any atom is 0.336 e. The van der Waals surface area contributed by atoms with Gasteiger partial charge >= 0.3 is 11.9 Å². The Kier molecular flexibility index (Phi) is 5.69. The molecule has 0 fully saturated rings. The van der Waals surface area contributed by atoms with E-state index in [-0.39, 0.29) is 17.2 Å². The Balaban J connectivity index is 2.76. The highest BCUT2D eigenvalue weighted by Gasteiger charge is 2.50. The molecule has 136 valence electrons. The Morgan fingerprint density at radius 1 is 1.32 bits per heavy atom. The summed E-state index contributed by atoms with van der Waals surface area (Å²) >= 11 is 12.5. The SMILES string of the molecule is CCOC(=O)C1=C(C)NC(C)(C)C(C(=O)O)C1c1cccc(Cl)c1Cl. The molecule has 1 aromatic rings. The molecule has 7 heteroatoms. The lowest BCUT2D eigenvalue weighted by Crippen LogP contribution is -2.55. The standard InChI is InChI=1S/C18H21Cl2NO4/c1-5-25-17(24)12-9(2)21-18(3,4)14(16(22)23)13(12)10-7-6-8-11(19)15(10)20/h6-8,13-14,21H,5H2,1-4H3,(H,22,23). The third-order valence-electron chi connectivity index (χ3n) is 4.41. The summed E-state index contributed by atoms with van der Waals surface area (Å²) in [4.78, 5) is 24.7. The molecule has 5 nitrogen and oxygen atoms in total. The Bertz CT molecular complexity index is 743. The largest absolute Gasteiger partial charge is 0.481 e. The van der Waals surface area contributed by atoms with Crippen LogP contribution in [0.3, 0.4) is 0 Å². The second-order valence-corrected chi connectivity index (χ2v) is 7.33. The van der Waals surface area contributed by atoms with Crippen LogP contribution in [-0.4, -0.2) is 29.2 Å². The lowest BCUT2D eigenvalue weighted by molar-refractivity contribution is -0.146. The third-order valence-corrected chi connectivity index (χ3v) is 5.25. The van der Waals surface area contributed by atoms with Gasteiger partial charge in [0.15, 0.2) is 0 Å². The fraction of sp³-hybridized carbons (Fsp3) is 0.444. The van der Waals surface area contributed by atoms with E-state index >= 15 is 0 Å². The molecular formula is C18H21Cl2NO4. The van der Waals surface area contributed by atoms with Crippen molar-refractivity contribution in [2.45, 2.75) is 39.2 Å². The number of carboxylic acid groups (broad SMARTS) is 1. The van der Waals surface area contributed by atoms with Crippen molar-refractivity contribution in [3.8, 4) is 0 Å². The van der Waals surface area contributed by atoms with Crippen LogP contribution in [0, 0.1) is 5.92 Å². The van der Waals surface area contributed by atoms with E-state index in [1.165, 1.54) is 0 Å². The first-order chi connectivity index (χ1) is 11.6. The molecule has 1 aliphatic rings. The smallest absolute Gasteiger partial charge is 0.336 e. The summed E-state index contributed by atoms with van der Waals surface area (Å²) in [6.07, 6.45) is 0. The molecule has 0 bridgehead atoms. The molecule has 0 saturated heterocycles. The van der Waals surface area contributed by atoms with Gasteiger partial charge in [-0.3, -0.25) is 4.79 Å². The van der Waals surface area contributed by atoms with Gasteiger partial charge in [-0.15, -0.1) is 0 Å². The van der Waals surface area contributed by atoms with Crippen LogP contribution in [0.15, 0.2) is 29.5 Å². The number of halogens is 2. The van der Waals surface area contributed by atoms with Crippen molar-refractivity contribution >= 4 is 35.1 Å². The average molecular weight is 386 g/mol. The van der Waals surface area contributed by atoms with Gasteiger partial charge in [0.05, 0.1) is 28.1 Å². The first-order valence-electron chi connectivity index (χ1n) is 7.94. The molecule has 0 aromatic heterocycles. The summed E-state index contributed by atoms with van der Waals surface area (Å²) in [5.74, 6) is -3.31. The van der Waals surface area contributed by atoms with Gasteiger partial charge in [-0.1, -0.05) is 35.3 Å². The van der Waals surface area contributed by atoms with E-state index in [4.69, 9.17) is 27.9 Å². The Hall–Kier alpha value is -1.72. The second-order valence-electron chi connectivity index (χ2n) is 6.54. The van der Waals surface area contributed by atoms with E-state index in [1.807, 2.05) is 0 Å². The van der Waals surface area contributed by atoms with E-state index in [0.717, 1.165) is 0 Å². The molecule has 2 unspecified atom stereocenters. The summed E-state index contributed by atoms with van der Waals surface area (Å²) in [6.45, 7) is 7.18. The minimum absolute atomic E-state index is 0.187. The lowest BCUT2D eigenvalue weighted by atomic mass is 9.68. The maximum atomic E-state index is 12.6. The number of hydrogen-bond acceptors (Lipinski definition) is 4. The van der Waals surface area contributed by atoms with E-state index in [2.05, 4.69) is 5.32 Å². The van der Waals surface area contributed by atoms with Gasteiger partial charge in [-0.05, 0) is 39.3 Å². The topological polar surface area (TPSA) is 75.6 Å². The maximum absolute atomic E-state index is 12.6. The van der Waals surface area contributed by atoms with Crippen molar-refractivity contribution < 1.29 is 19.4 Å². The van der Waals surface area contributed by atoms with Crippen molar-refractivity contribution in [2.24, 2.45) is 5.92 Å². The van der Waals surface area contributed by atoms with Gasteiger partial charge < -0.3 is 15.2 Å². The third kappa shape index (κ3) is 3.62. The zero-order valence-electron chi connectivity index (χ0n) is 14.5. The molecule has 0 saturated carbocycles. The Labute approximate surface area is 157 Å². The van der Waals surface area contributed by atoms with Crippen LogP contribution in [-0.2, 0) is 14.3 Å². The monoisotopic (exact) mass is 385 g/mol. The molecule has 0 aliphatic carbocycles. The second kappa shape index (κ2) is 7.26.